The minimum absolute atomic E-state index is 0.354. The molecule has 4 rings (SSSR count). The topological polar surface area (TPSA) is 99.0 Å². The third kappa shape index (κ3) is 3.99. The molecule has 8 nitrogen and oxygen atoms in total. The van der Waals surface area contributed by atoms with Crippen LogP contribution >= 0.6 is 11.8 Å². The summed E-state index contributed by atoms with van der Waals surface area (Å²) in [5.41, 5.74) is 9.84. The second kappa shape index (κ2) is 8.61. The maximum Gasteiger partial charge on any atom is 0.175 e. The van der Waals surface area contributed by atoms with Gasteiger partial charge in [0.15, 0.2) is 22.1 Å². The van der Waals surface area contributed by atoms with Crippen LogP contribution in [0.2, 0.25) is 0 Å². The zero-order chi connectivity index (χ0) is 21.3. The van der Waals surface area contributed by atoms with Crippen molar-refractivity contribution in [1.82, 2.24) is 34.2 Å². The van der Waals surface area contributed by atoms with E-state index in [1.54, 1.807) is 11.8 Å². The summed E-state index contributed by atoms with van der Waals surface area (Å²) in [6, 6.07) is 2.17. The Bertz CT molecular complexity index is 1160. The average Bonchev–Trinajstić information content (AvgIpc) is 3.24. The van der Waals surface area contributed by atoms with Gasteiger partial charge in [-0.3, -0.25) is 4.98 Å². The van der Waals surface area contributed by atoms with Gasteiger partial charge in [-0.15, -0.1) is 0 Å². The van der Waals surface area contributed by atoms with Crippen LogP contribution < -0.4 is 11.1 Å². The quantitative estimate of drug-likeness (QED) is 0.417. The summed E-state index contributed by atoms with van der Waals surface area (Å²) in [5.74, 6) is 1.37. The van der Waals surface area contributed by atoms with Crippen molar-refractivity contribution in [2.24, 2.45) is 5.92 Å². The summed E-state index contributed by atoms with van der Waals surface area (Å²) in [5, 5.41) is 4.37. The molecule has 0 fully saturated rings. The van der Waals surface area contributed by atoms with Gasteiger partial charge >= 0.3 is 0 Å². The van der Waals surface area contributed by atoms with Gasteiger partial charge in [-0.05, 0) is 36.2 Å². The fourth-order valence-electron chi connectivity index (χ4n) is 3.56. The van der Waals surface area contributed by atoms with Crippen LogP contribution in [0.4, 0.5) is 5.82 Å². The van der Waals surface area contributed by atoms with Crippen LogP contribution in [0.15, 0.2) is 41.0 Å². The van der Waals surface area contributed by atoms with E-state index in [-0.39, 0.29) is 0 Å². The monoisotopic (exact) mass is 424 g/mol. The molecule has 0 aliphatic heterocycles. The number of nitrogen functional groups attached to an aromatic ring is 1. The lowest BCUT2D eigenvalue weighted by atomic mass is 10.1. The van der Waals surface area contributed by atoms with E-state index >= 15 is 0 Å². The van der Waals surface area contributed by atoms with Gasteiger partial charge in [0, 0.05) is 36.1 Å². The third-order valence-corrected chi connectivity index (χ3v) is 5.96. The second-order valence-electron chi connectivity index (χ2n) is 8.10. The molecule has 30 heavy (non-hydrogen) atoms. The summed E-state index contributed by atoms with van der Waals surface area (Å²) < 4.78 is 4.33. The lowest BCUT2D eigenvalue weighted by Crippen LogP contribution is -2.24. The molecule has 4 aromatic heterocycles. The van der Waals surface area contributed by atoms with E-state index in [1.165, 1.54) is 12.0 Å². The highest BCUT2D eigenvalue weighted by Gasteiger charge is 2.20. The molecule has 158 valence electrons. The Kier molecular flexibility index (Phi) is 5.92. The van der Waals surface area contributed by atoms with E-state index < -0.39 is 0 Å². The first kappa shape index (κ1) is 20.6. The number of aromatic nitrogens is 6. The maximum atomic E-state index is 6.10. The largest absolute Gasteiger partial charge is 0.382 e. The average molecular weight is 425 g/mol. The number of hydrogen-bond donors (Lipinski definition) is 2. The molecule has 0 saturated carbocycles. The van der Waals surface area contributed by atoms with E-state index in [1.807, 2.05) is 18.6 Å². The first-order chi connectivity index (χ1) is 14.5. The number of nitrogens with zero attached hydrogens (tertiary/aromatic N) is 6. The lowest BCUT2D eigenvalue weighted by molar-refractivity contribution is 0.516. The molecular formula is C21H28N8S. The molecule has 4 heterocycles. The van der Waals surface area contributed by atoms with Crippen molar-refractivity contribution in [2.75, 3.05) is 18.8 Å². The normalized spacial score (nSPS) is 12.1. The van der Waals surface area contributed by atoms with Gasteiger partial charge < -0.3 is 20.0 Å². The molecule has 0 aliphatic carbocycles. The van der Waals surface area contributed by atoms with E-state index in [0.717, 1.165) is 40.9 Å². The Morgan fingerprint density at radius 3 is 2.80 bits per heavy atom. The predicted octanol–water partition coefficient (Wildman–Crippen LogP) is 3.58. The highest BCUT2D eigenvalue weighted by Crippen LogP contribution is 2.37. The Labute approximate surface area is 180 Å². The lowest BCUT2D eigenvalue weighted by Gasteiger charge is -2.12. The van der Waals surface area contributed by atoms with Crippen LogP contribution in [0.5, 0.6) is 0 Å². The summed E-state index contributed by atoms with van der Waals surface area (Å²) >= 11 is 1.65. The van der Waals surface area contributed by atoms with Crippen LogP contribution in [-0.2, 0) is 6.54 Å². The van der Waals surface area contributed by atoms with Crippen LogP contribution in [0, 0.1) is 5.92 Å². The number of fused-ring (bicyclic) bond motifs is 2. The SMILES string of the molecule is CC(C)CNCCn1c(Sc2cc3cnccn3c2C(C)C)nc2c(N)ncnc21. The molecule has 9 heteroatoms. The van der Waals surface area contributed by atoms with Crippen molar-refractivity contribution in [3.8, 4) is 0 Å². The predicted molar refractivity (Wildman–Crippen MR) is 121 cm³/mol. The van der Waals surface area contributed by atoms with Crippen molar-refractivity contribution in [3.05, 3.63) is 36.7 Å². The summed E-state index contributed by atoms with van der Waals surface area (Å²) in [6.07, 6.45) is 7.22. The van der Waals surface area contributed by atoms with Crippen LogP contribution in [-0.4, -0.2) is 42.0 Å². The molecule has 0 saturated heterocycles. The van der Waals surface area contributed by atoms with Gasteiger partial charge in [0.05, 0.1) is 11.7 Å². The minimum Gasteiger partial charge on any atom is -0.382 e. The van der Waals surface area contributed by atoms with Crippen LogP contribution in [0.25, 0.3) is 16.7 Å². The number of anilines is 1. The Morgan fingerprint density at radius 1 is 1.20 bits per heavy atom. The van der Waals surface area contributed by atoms with Crippen molar-refractivity contribution in [3.63, 3.8) is 0 Å². The van der Waals surface area contributed by atoms with Crippen LogP contribution in [0.1, 0.15) is 39.3 Å². The zero-order valence-electron chi connectivity index (χ0n) is 17.8. The van der Waals surface area contributed by atoms with Gasteiger partial charge in [-0.2, -0.15) is 0 Å². The molecule has 0 unspecified atom stereocenters. The fraction of sp³-hybridized carbons (Fsp3) is 0.429. The summed E-state index contributed by atoms with van der Waals surface area (Å²) in [4.78, 5) is 18.8. The molecule has 4 aromatic rings. The first-order valence-electron chi connectivity index (χ1n) is 10.3. The molecule has 0 radical (unpaired) electrons. The Hall–Kier alpha value is -2.65. The van der Waals surface area contributed by atoms with E-state index in [9.17, 15) is 0 Å². The summed E-state index contributed by atoms with van der Waals surface area (Å²) in [7, 11) is 0. The number of rotatable bonds is 8. The molecule has 0 spiro atoms. The highest BCUT2D eigenvalue weighted by atomic mass is 32.2. The van der Waals surface area contributed by atoms with Crippen molar-refractivity contribution in [2.45, 2.75) is 50.2 Å². The Balaban J connectivity index is 1.73. The fourth-order valence-corrected chi connectivity index (χ4v) is 4.80. The maximum absolute atomic E-state index is 6.10. The first-order valence-corrected chi connectivity index (χ1v) is 11.1. The molecule has 0 atom stereocenters. The number of imidazole rings is 1. The smallest absolute Gasteiger partial charge is 0.175 e. The molecule has 0 amide bonds. The van der Waals surface area contributed by atoms with Gasteiger partial charge in [0.1, 0.15) is 6.33 Å². The number of nitrogens with one attached hydrogen (secondary N) is 1. The van der Waals surface area contributed by atoms with Crippen LogP contribution in [0.3, 0.4) is 0 Å². The van der Waals surface area contributed by atoms with E-state index in [4.69, 9.17) is 10.7 Å². The second-order valence-corrected chi connectivity index (χ2v) is 9.11. The standard InChI is InChI=1S/C21H28N8S/c1-13(2)10-23-6-8-29-20-17(19(22)25-12-26-20)27-21(29)30-16-9-15-11-24-5-7-28(15)18(16)14(3)4/h5,7,9,11-14,23H,6,8,10H2,1-4H3,(H2,22,25,26). The zero-order valence-corrected chi connectivity index (χ0v) is 18.6. The van der Waals surface area contributed by atoms with Gasteiger partial charge in [0.25, 0.3) is 0 Å². The van der Waals surface area contributed by atoms with Crippen molar-refractivity contribution < 1.29 is 0 Å². The molecule has 0 aromatic carbocycles. The third-order valence-electron chi connectivity index (χ3n) is 4.92. The highest BCUT2D eigenvalue weighted by molar-refractivity contribution is 7.99. The van der Waals surface area contributed by atoms with Gasteiger partial charge in [-0.25, -0.2) is 15.0 Å². The molecule has 3 N–H and O–H groups in total. The van der Waals surface area contributed by atoms with Crippen molar-refractivity contribution in [1.29, 1.82) is 0 Å². The van der Waals surface area contributed by atoms with E-state index in [2.05, 4.69) is 63.0 Å². The summed E-state index contributed by atoms with van der Waals surface area (Å²) in [6.45, 7) is 11.4. The molecule has 0 aliphatic rings. The van der Waals surface area contributed by atoms with Gasteiger partial charge in [-0.1, -0.05) is 27.7 Å². The number of nitrogens with two attached hydrogens (primary N) is 1. The van der Waals surface area contributed by atoms with Gasteiger partial charge in [0.2, 0.25) is 0 Å². The number of hydrogen-bond acceptors (Lipinski definition) is 7. The van der Waals surface area contributed by atoms with E-state index in [0.29, 0.717) is 23.2 Å². The Morgan fingerprint density at radius 2 is 2.03 bits per heavy atom. The molecular weight excluding hydrogens is 396 g/mol. The van der Waals surface area contributed by atoms with Crippen molar-refractivity contribution >= 4 is 34.3 Å². The molecule has 0 bridgehead atoms. The minimum atomic E-state index is 0.354.